The summed E-state index contributed by atoms with van der Waals surface area (Å²) in [7, 11) is 0. The molecule has 0 atom stereocenters. The van der Waals surface area contributed by atoms with Gasteiger partial charge in [0.15, 0.2) is 0 Å². The summed E-state index contributed by atoms with van der Waals surface area (Å²) in [6.45, 7) is 0. The SMILES string of the molecule is O=C(Nc1cccc([N+](=O)[O-])c1)c1ccncn1. The second-order valence-corrected chi connectivity index (χ2v) is 3.36. The van der Waals surface area contributed by atoms with Crippen LogP contribution in [-0.4, -0.2) is 20.8 Å². The molecule has 0 saturated carbocycles. The van der Waals surface area contributed by atoms with E-state index in [0.717, 1.165) is 0 Å². The van der Waals surface area contributed by atoms with Crippen LogP contribution in [0.25, 0.3) is 0 Å². The quantitative estimate of drug-likeness (QED) is 0.653. The number of nitrogens with zero attached hydrogens (tertiary/aromatic N) is 3. The van der Waals surface area contributed by atoms with Crippen molar-refractivity contribution in [1.29, 1.82) is 0 Å². The van der Waals surface area contributed by atoms with E-state index in [4.69, 9.17) is 0 Å². The second-order valence-electron chi connectivity index (χ2n) is 3.36. The van der Waals surface area contributed by atoms with Crippen molar-refractivity contribution in [2.24, 2.45) is 0 Å². The molecule has 0 saturated heterocycles. The van der Waals surface area contributed by atoms with E-state index in [1.807, 2.05) is 0 Å². The molecule has 0 radical (unpaired) electrons. The molecule has 7 nitrogen and oxygen atoms in total. The lowest BCUT2D eigenvalue weighted by molar-refractivity contribution is -0.384. The summed E-state index contributed by atoms with van der Waals surface area (Å²) in [6.07, 6.45) is 2.69. The fraction of sp³-hybridized carbons (Fsp3) is 0. The second kappa shape index (κ2) is 5.00. The average molecular weight is 244 g/mol. The van der Waals surface area contributed by atoms with Gasteiger partial charge in [-0.3, -0.25) is 14.9 Å². The molecule has 2 aromatic rings. The normalized spacial score (nSPS) is 9.78. The Morgan fingerprint density at radius 1 is 1.33 bits per heavy atom. The minimum Gasteiger partial charge on any atom is -0.320 e. The Bertz CT molecular complexity index is 586. The first kappa shape index (κ1) is 11.6. The zero-order valence-corrected chi connectivity index (χ0v) is 9.11. The number of nitro groups is 1. The van der Waals surface area contributed by atoms with E-state index >= 15 is 0 Å². The summed E-state index contributed by atoms with van der Waals surface area (Å²) in [4.78, 5) is 29.2. The summed E-state index contributed by atoms with van der Waals surface area (Å²) in [5.41, 5.74) is 0.444. The minimum absolute atomic E-state index is 0.0875. The number of nitrogens with one attached hydrogen (secondary N) is 1. The highest BCUT2D eigenvalue weighted by atomic mass is 16.6. The summed E-state index contributed by atoms with van der Waals surface area (Å²) >= 11 is 0. The van der Waals surface area contributed by atoms with Gasteiger partial charge in [0.2, 0.25) is 0 Å². The largest absolute Gasteiger partial charge is 0.320 e. The number of anilines is 1. The highest BCUT2D eigenvalue weighted by Crippen LogP contribution is 2.17. The van der Waals surface area contributed by atoms with Gasteiger partial charge in [0.05, 0.1) is 4.92 Å². The number of rotatable bonds is 3. The van der Waals surface area contributed by atoms with Gasteiger partial charge in [-0.25, -0.2) is 9.97 Å². The molecular formula is C11H8N4O3. The maximum Gasteiger partial charge on any atom is 0.274 e. The Kier molecular flexibility index (Phi) is 3.24. The van der Waals surface area contributed by atoms with Crippen LogP contribution in [-0.2, 0) is 0 Å². The fourth-order valence-electron chi connectivity index (χ4n) is 1.32. The third-order valence-electron chi connectivity index (χ3n) is 2.13. The maximum atomic E-state index is 11.7. The van der Waals surface area contributed by atoms with Gasteiger partial charge in [-0.1, -0.05) is 6.07 Å². The number of carbonyl (C=O) groups excluding carboxylic acids is 1. The van der Waals surface area contributed by atoms with Gasteiger partial charge in [0.25, 0.3) is 11.6 Å². The van der Waals surface area contributed by atoms with Crippen LogP contribution in [0.3, 0.4) is 0 Å². The van der Waals surface area contributed by atoms with Gasteiger partial charge < -0.3 is 5.32 Å². The number of hydrogen-bond acceptors (Lipinski definition) is 5. The van der Waals surface area contributed by atoms with Crippen LogP contribution in [0.1, 0.15) is 10.5 Å². The Morgan fingerprint density at radius 2 is 2.17 bits per heavy atom. The van der Waals surface area contributed by atoms with Crippen LogP contribution in [0.2, 0.25) is 0 Å². The van der Waals surface area contributed by atoms with E-state index in [9.17, 15) is 14.9 Å². The number of non-ortho nitro benzene ring substituents is 1. The van der Waals surface area contributed by atoms with Crippen LogP contribution >= 0.6 is 0 Å². The molecule has 0 spiro atoms. The number of hydrogen-bond donors (Lipinski definition) is 1. The third kappa shape index (κ3) is 2.64. The lowest BCUT2D eigenvalue weighted by Gasteiger charge is -2.03. The van der Waals surface area contributed by atoms with Crippen molar-refractivity contribution < 1.29 is 9.72 Å². The molecular weight excluding hydrogens is 236 g/mol. The Hall–Kier alpha value is -2.83. The minimum atomic E-state index is -0.527. The van der Waals surface area contributed by atoms with Gasteiger partial charge >= 0.3 is 0 Å². The zero-order chi connectivity index (χ0) is 13.0. The summed E-state index contributed by atoms with van der Waals surface area (Å²) < 4.78 is 0. The van der Waals surface area contributed by atoms with Gasteiger partial charge in [0.1, 0.15) is 12.0 Å². The summed E-state index contributed by atoms with van der Waals surface area (Å²) in [6, 6.07) is 7.13. The fourth-order valence-corrected chi connectivity index (χ4v) is 1.32. The van der Waals surface area contributed by atoms with Crippen LogP contribution in [0.5, 0.6) is 0 Å². The number of amides is 1. The standard InChI is InChI=1S/C11H8N4O3/c16-11(10-4-5-12-7-13-10)14-8-2-1-3-9(6-8)15(17)18/h1-7H,(H,14,16). The molecule has 2 rings (SSSR count). The molecule has 0 aliphatic carbocycles. The van der Waals surface area contributed by atoms with Gasteiger partial charge in [-0.05, 0) is 12.1 Å². The molecule has 1 amide bonds. The monoisotopic (exact) mass is 244 g/mol. The molecule has 18 heavy (non-hydrogen) atoms. The summed E-state index contributed by atoms with van der Waals surface area (Å²) in [5.74, 6) is -0.446. The zero-order valence-electron chi connectivity index (χ0n) is 9.11. The lowest BCUT2D eigenvalue weighted by atomic mass is 10.2. The maximum absolute atomic E-state index is 11.7. The molecule has 1 heterocycles. The first-order chi connectivity index (χ1) is 8.66. The van der Waals surface area contributed by atoms with Crippen LogP contribution in [0.4, 0.5) is 11.4 Å². The lowest BCUT2D eigenvalue weighted by Crippen LogP contribution is -2.13. The van der Waals surface area contributed by atoms with Crippen LogP contribution in [0.15, 0.2) is 42.9 Å². The molecule has 0 bridgehead atoms. The topological polar surface area (TPSA) is 98.0 Å². The summed E-state index contributed by atoms with van der Waals surface area (Å²) in [5, 5.41) is 13.1. The molecule has 0 aliphatic rings. The number of carbonyl (C=O) groups is 1. The molecule has 1 aromatic carbocycles. The van der Waals surface area contributed by atoms with E-state index in [2.05, 4.69) is 15.3 Å². The van der Waals surface area contributed by atoms with Gasteiger partial charge in [-0.2, -0.15) is 0 Å². The molecule has 0 aliphatic heterocycles. The van der Waals surface area contributed by atoms with Crippen molar-refractivity contribution >= 4 is 17.3 Å². The Labute approximate surface area is 102 Å². The number of benzene rings is 1. The predicted molar refractivity (Wildman–Crippen MR) is 63.1 cm³/mol. The van der Waals surface area contributed by atoms with Crippen molar-refractivity contribution in [3.8, 4) is 0 Å². The smallest absolute Gasteiger partial charge is 0.274 e. The van der Waals surface area contributed by atoms with Crippen molar-refractivity contribution in [2.45, 2.75) is 0 Å². The first-order valence-corrected chi connectivity index (χ1v) is 4.98. The third-order valence-corrected chi connectivity index (χ3v) is 2.13. The van der Waals surface area contributed by atoms with E-state index < -0.39 is 10.8 Å². The van der Waals surface area contributed by atoms with Crippen LogP contribution < -0.4 is 5.32 Å². The van der Waals surface area contributed by atoms with Crippen molar-refractivity contribution in [3.63, 3.8) is 0 Å². The van der Waals surface area contributed by atoms with E-state index in [1.54, 1.807) is 6.07 Å². The van der Waals surface area contributed by atoms with E-state index in [1.165, 1.54) is 36.8 Å². The molecule has 90 valence electrons. The highest BCUT2D eigenvalue weighted by Gasteiger charge is 2.10. The molecule has 7 heteroatoms. The Balaban J connectivity index is 2.17. The number of nitro benzene ring substituents is 1. The Morgan fingerprint density at radius 3 is 2.83 bits per heavy atom. The van der Waals surface area contributed by atoms with Crippen molar-refractivity contribution in [3.05, 3.63) is 58.7 Å². The highest BCUT2D eigenvalue weighted by molar-refractivity contribution is 6.02. The van der Waals surface area contributed by atoms with Crippen LogP contribution in [0, 0.1) is 10.1 Å². The number of aromatic nitrogens is 2. The van der Waals surface area contributed by atoms with Gasteiger partial charge in [0, 0.05) is 24.0 Å². The molecule has 0 fully saturated rings. The van der Waals surface area contributed by atoms with E-state index in [0.29, 0.717) is 5.69 Å². The predicted octanol–water partition coefficient (Wildman–Crippen LogP) is 1.64. The van der Waals surface area contributed by atoms with Crippen molar-refractivity contribution in [2.75, 3.05) is 5.32 Å². The molecule has 0 unspecified atom stereocenters. The molecule has 1 aromatic heterocycles. The average Bonchev–Trinajstić information content (AvgIpc) is 2.40. The first-order valence-electron chi connectivity index (χ1n) is 4.98. The molecule has 1 N–H and O–H groups in total. The van der Waals surface area contributed by atoms with Crippen molar-refractivity contribution in [1.82, 2.24) is 9.97 Å². The van der Waals surface area contributed by atoms with Gasteiger partial charge in [-0.15, -0.1) is 0 Å². The van der Waals surface area contributed by atoms with E-state index in [-0.39, 0.29) is 11.4 Å².